The molecule has 2 aromatic carbocycles. The summed E-state index contributed by atoms with van der Waals surface area (Å²) in [5, 5.41) is 21.1. The van der Waals surface area contributed by atoms with Gasteiger partial charge in [-0.05, 0) is 25.0 Å². The minimum Gasteiger partial charge on any atom is -0.314 e. The lowest BCUT2D eigenvalue weighted by Crippen LogP contribution is -2.53. The van der Waals surface area contributed by atoms with Crippen molar-refractivity contribution in [3.63, 3.8) is 0 Å². The zero-order valence-electron chi connectivity index (χ0n) is 18.5. The summed E-state index contributed by atoms with van der Waals surface area (Å²) >= 11 is 0. The molecular formula is C24H28N8. The van der Waals surface area contributed by atoms with Gasteiger partial charge in [0.05, 0.1) is 25.6 Å². The molecule has 0 radical (unpaired) electrons. The maximum absolute atomic E-state index is 4.41. The maximum atomic E-state index is 4.41. The number of aryl methyl sites for hydroxylation is 2. The predicted octanol–water partition coefficient (Wildman–Crippen LogP) is 2.75. The Hall–Kier alpha value is -3.36. The highest BCUT2D eigenvalue weighted by atomic mass is 15.5. The molecule has 0 aliphatic carbocycles. The van der Waals surface area contributed by atoms with Gasteiger partial charge in [0, 0.05) is 36.8 Å². The summed E-state index contributed by atoms with van der Waals surface area (Å²) < 4.78 is 3.88. The lowest BCUT2D eigenvalue weighted by molar-refractivity contribution is 0.0996. The van der Waals surface area contributed by atoms with E-state index in [1.807, 2.05) is 46.0 Å². The number of aromatic nitrogens is 6. The first-order valence-corrected chi connectivity index (χ1v) is 11.0. The minimum absolute atomic E-state index is 0.293. The summed E-state index contributed by atoms with van der Waals surface area (Å²) in [6.07, 6.45) is 4.08. The second-order valence-corrected chi connectivity index (χ2v) is 8.41. The van der Waals surface area contributed by atoms with Crippen LogP contribution in [0.3, 0.4) is 0 Å². The van der Waals surface area contributed by atoms with E-state index in [-0.39, 0.29) is 0 Å². The fourth-order valence-electron chi connectivity index (χ4n) is 4.29. The first-order chi connectivity index (χ1) is 15.7. The molecule has 1 N–H and O–H groups in total. The minimum atomic E-state index is 0.293. The summed E-state index contributed by atoms with van der Waals surface area (Å²) in [7, 11) is 0. The van der Waals surface area contributed by atoms with E-state index in [9.17, 15) is 0 Å². The van der Waals surface area contributed by atoms with Crippen molar-refractivity contribution in [3.8, 4) is 22.5 Å². The summed E-state index contributed by atoms with van der Waals surface area (Å²) in [6, 6.07) is 16.8. The van der Waals surface area contributed by atoms with Gasteiger partial charge in [-0.15, -0.1) is 10.2 Å². The molecule has 32 heavy (non-hydrogen) atoms. The average Bonchev–Trinajstić information content (AvgIpc) is 3.46. The van der Waals surface area contributed by atoms with Crippen LogP contribution in [-0.2, 0) is 13.2 Å². The van der Waals surface area contributed by atoms with Crippen molar-refractivity contribution in [1.29, 1.82) is 0 Å². The molecule has 164 valence electrons. The molecule has 0 spiro atoms. The van der Waals surface area contributed by atoms with E-state index in [2.05, 4.69) is 69.0 Å². The van der Waals surface area contributed by atoms with Gasteiger partial charge in [0.15, 0.2) is 0 Å². The third-order valence-electron chi connectivity index (χ3n) is 6.12. The highest BCUT2D eigenvalue weighted by Gasteiger charge is 2.24. The van der Waals surface area contributed by atoms with Crippen molar-refractivity contribution in [2.24, 2.45) is 0 Å². The number of hydrogen-bond donors (Lipinski definition) is 1. The molecule has 1 saturated heterocycles. The quantitative estimate of drug-likeness (QED) is 0.509. The normalized spacial score (nSPS) is 17.0. The van der Waals surface area contributed by atoms with Crippen molar-refractivity contribution in [3.05, 3.63) is 72.1 Å². The molecule has 5 rings (SSSR count). The van der Waals surface area contributed by atoms with Gasteiger partial charge in [0.1, 0.15) is 11.4 Å². The number of rotatable bonds is 6. The topological polar surface area (TPSA) is 76.7 Å². The van der Waals surface area contributed by atoms with Crippen molar-refractivity contribution < 1.29 is 0 Å². The third kappa shape index (κ3) is 4.32. The smallest absolute Gasteiger partial charge is 0.113 e. The third-order valence-corrected chi connectivity index (χ3v) is 6.12. The molecular weight excluding hydrogens is 400 g/mol. The van der Waals surface area contributed by atoms with Gasteiger partial charge < -0.3 is 5.32 Å². The molecule has 0 bridgehead atoms. The number of nitrogens with zero attached hydrogens (tertiary/aromatic N) is 7. The molecule has 3 heterocycles. The van der Waals surface area contributed by atoms with Crippen LogP contribution >= 0.6 is 0 Å². The summed E-state index contributed by atoms with van der Waals surface area (Å²) in [5.41, 5.74) is 6.49. The van der Waals surface area contributed by atoms with E-state index in [1.165, 1.54) is 11.1 Å². The second kappa shape index (κ2) is 9.02. The Kier molecular flexibility index (Phi) is 5.79. The summed E-state index contributed by atoms with van der Waals surface area (Å²) in [6.45, 7) is 8.48. The van der Waals surface area contributed by atoms with E-state index in [1.54, 1.807) is 0 Å². The molecule has 8 nitrogen and oxygen atoms in total. The van der Waals surface area contributed by atoms with Gasteiger partial charge in [-0.1, -0.05) is 59.0 Å². The van der Waals surface area contributed by atoms with Gasteiger partial charge in [-0.3, -0.25) is 9.58 Å². The molecule has 1 aliphatic rings. The predicted molar refractivity (Wildman–Crippen MR) is 124 cm³/mol. The van der Waals surface area contributed by atoms with Crippen LogP contribution in [-0.4, -0.2) is 60.6 Å². The van der Waals surface area contributed by atoms with E-state index in [0.717, 1.165) is 48.7 Å². The Morgan fingerprint density at radius 1 is 0.844 bits per heavy atom. The number of nitrogens with one attached hydrogen (secondary N) is 1. The van der Waals surface area contributed by atoms with Crippen LogP contribution < -0.4 is 5.32 Å². The van der Waals surface area contributed by atoms with Crippen LogP contribution in [0.5, 0.6) is 0 Å². The lowest BCUT2D eigenvalue weighted by Gasteiger charge is -2.35. The van der Waals surface area contributed by atoms with Crippen LogP contribution in [0.2, 0.25) is 0 Å². The Balaban J connectivity index is 1.29. The Morgan fingerprint density at radius 2 is 1.44 bits per heavy atom. The molecule has 1 unspecified atom stereocenters. The van der Waals surface area contributed by atoms with Gasteiger partial charge >= 0.3 is 0 Å². The van der Waals surface area contributed by atoms with Gasteiger partial charge in [0.25, 0.3) is 0 Å². The van der Waals surface area contributed by atoms with E-state index in [4.69, 9.17) is 0 Å². The van der Waals surface area contributed by atoms with Crippen LogP contribution in [0, 0.1) is 13.8 Å². The van der Waals surface area contributed by atoms with E-state index in [0.29, 0.717) is 12.7 Å². The first-order valence-electron chi connectivity index (χ1n) is 11.0. The Labute approximate surface area is 187 Å². The standard InChI is InChI=1S/C24H28N8/c1-18-7-3-5-9-21(18)23-15-31(28-26-23)14-20-13-25-11-12-30(20)17-32-16-24(27-29-32)22-10-6-4-8-19(22)2/h3-10,15-16,20,25H,11-14,17H2,1-2H3. The molecule has 0 saturated carbocycles. The van der Waals surface area contributed by atoms with Gasteiger partial charge in [-0.2, -0.15) is 0 Å². The molecule has 1 atom stereocenters. The number of hydrogen-bond acceptors (Lipinski definition) is 6. The van der Waals surface area contributed by atoms with E-state index < -0.39 is 0 Å². The lowest BCUT2D eigenvalue weighted by atomic mass is 10.1. The van der Waals surface area contributed by atoms with Crippen molar-refractivity contribution in [2.45, 2.75) is 33.1 Å². The monoisotopic (exact) mass is 428 g/mol. The summed E-state index contributed by atoms with van der Waals surface area (Å²) in [4.78, 5) is 2.43. The van der Waals surface area contributed by atoms with Crippen LogP contribution in [0.15, 0.2) is 60.9 Å². The largest absolute Gasteiger partial charge is 0.314 e. The average molecular weight is 429 g/mol. The van der Waals surface area contributed by atoms with Gasteiger partial charge in [-0.25, -0.2) is 4.68 Å². The first kappa shape index (κ1) is 20.5. The number of benzene rings is 2. The van der Waals surface area contributed by atoms with Crippen LogP contribution in [0.25, 0.3) is 22.5 Å². The Bertz CT molecular complexity index is 1100. The maximum Gasteiger partial charge on any atom is 0.113 e. The summed E-state index contributed by atoms with van der Waals surface area (Å²) in [5.74, 6) is 0. The van der Waals surface area contributed by atoms with Crippen LogP contribution in [0.4, 0.5) is 0 Å². The van der Waals surface area contributed by atoms with Crippen molar-refractivity contribution in [1.82, 2.24) is 40.2 Å². The zero-order chi connectivity index (χ0) is 21.9. The molecule has 8 heteroatoms. The highest BCUT2D eigenvalue weighted by molar-refractivity contribution is 5.62. The van der Waals surface area contributed by atoms with Crippen LogP contribution in [0.1, 0.15) is 11.1 Å². The fraction of sp³-hybridized carbons (Fsp3) is 0.333. The SMILES string of the molecule is Cc1ccccc1-c1cn(CC2CNCCN2Cn2cc(-c3ccccc3C)nn2)nn1. The molecule has 2 aromatic heterocycles. The molecule has 0 amide bonds. The number of piperazine rings is 1. The van der Waals surface area contributed by atoms with Gasteiger partial charge in [0.2, 0.25) is 0 Å². The Morgan fingerprint density at radius 3 is 2.09 bits per heavy atom. The second-order valence-electron chi connectivity index (χ2n) is 8.41. The highest BCUT2D eigenvalue weighted by Crippen LogP contribution is 2.22. The fourth-order valence-corrected chi connectivity index (χ4v) is 4.29. The van der Waals surface area contributed by atoms with Crippen molar-refractivity contribution in [2.75, 3.05) is 19.6 Å². The van der Waals surface area contributed by atoms with E-state index >= 15 is 0 Å². The molecule has 1 fully saturated rings. The zero-order valence-corrected chi connectivity index (χ0v) is 18.5. The van der Waals surface area contributed by atoms with Crippen molar-refractivity contribution >= 4 is 0 Å². The molecule has 4 aromatic rings. The molecule has 1 aliphatic heterocycles.